The lowest BCUT2D eigenvalue weighted by Gasteiger charge is -2.27. The van der Waals surface area contributed by atoms with Crippen LogP contribution in [-0.2, 0) is 21.4 Å². The quantitative estimate of drug-likeness (QED) is 0.764. The maximum absolute atomic E-state index is 14.5. The molecular weight excluding hydrogens is 243 g/mol. The minimum Gasteiger partial charge on any atom is -0.466 e. The average Bonchev–Trinajstić information content (AvgIpc) is 3.09. The smallest absolute Gasteiger partial charge is 0.309 e. The first-order chi connectivity index (χ1) is 9.10. The van der Waals surface area contributed by atoms with E-state index in [1.807, 2.05) is 19.1 Å². The van der Waals surface area contributed by atoms with Crippen LogP contribution in [0, 0.1) is 18.7 Å². The van der Waals surface area contributed by atoms with Gasteiger partial charge in [-0.25, -0.2) is 4.39 Å². The van der Waals surface area contributed by atoms with Crippen LogP contribution in [0.2, 0.25) is 0 Å². The van der Waals surface area contributed by atoms with E-state index in [4.69, 9.17) is 4.74 Å². The molecule has 0 amide bonds. The van der Waals surface area contributed by atoms with Crippen LogP contribution in [0.5, 0.6) is 0 Å². The molecule has 1 fully saturated rings. The number of rotatable bonds is 2. The molecule has 1 spiro atoms. The molecule has 102 valence electrons. The highest BCUT2D eigenvalue weighted by Gasteiger charge is 2.62. The first kappa shape index (κ1) is 12.6. The van der Waals surface area contributed by atoms with Gasteiger partial charge in [-0.05, 0) is 56.2 Å². The van der Waals surface area contributed by atoms with Gasteiger partial charge in [-0.2, -0.15) is 0 Å². The Kier molecular flexibility index (Phi) is 2.88. The van der Waals surface area contributed by atoms with E-state index in [9.17, 15) is 9.18 Å². The zero-order valence-electron chi connectivity index (χ0n) is 11.5. The number of benzene rings is 1. The summed E-state index contributed by atoms with van der Waals surface area (Å²) in [6.45, 7) is 4.00. The van der Waals surface area contributed by atoms with Crippen molar-refractivity contribution in [2.24, 2.45) is 5.92 Å². The summed E-state index contributed by atoms with van der Waals surface area (Å²) < 4.78 is 19.6. The first-order valence-corrected chi connectivity index (χ1v) is 7.05. The van der Waals surface area contributed by atoms with Gasteiger partial charge >= 0.3 is 5.97 Å². The van der Waals surface area contributed by atoms with Crippen LogP contribution in [0.25, 0.3) is 0 Å². The molecule has 19 heavy (non-hydrogen) atoms. The van der Waals surface area contributed by atoms with E-state index in [0.29, 0.717) is 12.2 Å². The number of aryl methyl sites for hydroxylation is 2. The summed E-state index contributed by atoms with van der Waals surface area (Å²) in [7, 11) is 0. The van der Waals surface area contributed by atoms with Crippen molar-refractivity contribution < 1.29 is 13.9 Å². The first-order valence-electron chi connectivity index (χ1n) is 7.05. The lowest BCUT2D eigenvalue weighted by atomic mass is 9.77. The van der Waals surface area contributed by atoms with Gasteiger partial charge in [-0.15, -0.1) is 0 Å². The Hall–Kier alpha value is -1.38. The van der Waals surface area contributed by atoms with E-state index in [-0.39, 0.29) is 23.1 Å². The van der Waals surface area contributed by atoms with Gasteiger partial charge in [-0.1, -0.05) is 12.1 Å². The minimum absolute atomic E-state index is 0.107. The fraction of sp³-hybridized carbons (Fsp3) is 0.562. The summed E-state index contributed by atoms with van der Waals surface area (Å²) in [6, 6.07) is 3.87. The van der Waals surface area contributed by atoms with Gasteiger partial charge < -0.3 is 4.74 Å². The minimum atomic E-state index is -0.268. The molecule has 2 nitrogen and oxygen atoms in total. The maximum atomic E-state index is 14.5. The third-order valence-corrected chi connectivity index (χ3v) is 4.63. The molecule has 0 bridgehead atoms. The predicted octanol–water partition coefficient (Wildman–Crippen LogP) is 3.29. The number of hydrogen-bond donors (Lipinski definition) is 0. The summed E-state index contributed by atoms with van der Waals surface area (Å²) in [5.41, 5.74) is 2.29. The zero-order valence-corrected chi connectivity index (χ0v) is 11.5. The Labute approximate surface area is 113 Å². The Morgan fingerprint density at radius 2 is 2.32 bits per heavy atom. The predicted molar refractivity (Wildman–Crippen MR) is 70.5 cm³/mol. The van der Waals surface area contributed by atoms with E-state index >= 15 is 0 Å². The van der Waals surface area contributed by atoms with Gasteiger partial charge in [0, 0.05) is 5.41 Å². The number of halogens is 1. The number of carbonyl (C=O) groups is 1. The standard InChI is InChI=1S/C16H19FO2/c1-3-19-15(18)12-9-16(12)8-4-5-11-7-6-10(2)14(17)13(11)16/h6-7,12H,3-5,8-9H2,1-2H3. The van der Waals surface area contributed by atoms with Crippen molar-refractivity contribution in [1.29, 1.82) is 0 Å². The van der Waals surface area contributed by atoms with Gasteiger partial charge in [0.15, 0.2) is 0 Å². The maximum Gasteiger partial charge on any atom is 0.309 e. The SMILES string of the molecule is CCOC(=O)C1CC12CCCc1ccc(C)c(F)c12. The highest BCUT2D eigenvalue weighted by Crippen LogP contribution is 2.61. The number of carbonyl (C=O) groups excluding carboxylic acids is 1. The second kappa shape index (κ2) is 4.32. The zero-order chi connectivity index (χ0) is 13.6. The van der Waals surface area contributed by atoms with Crippen LogP contribution in [0.3, 0.4) is 0 Å². The molecule has 2 aliphatic rings. The van der Waals surface area contributed by atoms with Gasteiger partial charge in [0.1, 0.15) is 5.82 Å². The Bertz CT molecular complexity index is 538. The fourth-order valence-electron chi connectivity index (χ4n) is 3.60. The molecule has 1 aromatic carbocycles. The van der Waals surface area contributed by atoms with Crippen molar-refractivity contribution in [2.45, 2.75) is 44.9 Å². The van der Waals surface area contributed by atoms with Crippen LogP contribution in [0.15, 0.2) is 12.1 Å². The van der Waals surface area contributed by atoms with E-state index in [0.717, 1.165) is 36.8 Å². The monoisotopic (exact) mass is 262 g/mol. The highest BCUT2D eigenvalue weighted by molar-refractivity contribution is 5.79. The molecule has 0 radical (unpaired) electrons. The third-order valence-electron chi connectivity index (χ3n) is 4.63. The van der Waals surface area contributed by atoms with Crippen molar-refractivity contribution in [1.82, 2.24) is 0 Å². The van der Waals surface area contributed by atoms with Crippen LogP contribution in [0.4, 0.5) is 4.39 Å². The third kappa shape index (κ3) is 1.78. The average molecular weight is 262 g/mol. The molecule has 2 atom stereocenters. The fourth-order valence-corrected chi connectivity index (χ4v) is 3.60. The van der Waals surface area contributed by atoms with Crippen LogP contribution < -0.4 is 0 Å². The van der Waals surface area contributed by atoms with Gasteiger partial charge in [0.2, 0.25) is 0 Å². The summed E-state index contributed by atoms with van der Waals surface area (Å²) in [6.07, 6.45) is 3.61. The van der Waals surface area contributed by atoms with Crippen molar-refractivity contribution >= 4 is 5.97 Å². The molecule has 2 unspecified atom stereocenters. The second-order valence-corrected chi connectivity index (χ2v) is 5.75. The number of ether oxygens (including phenoxy) is 1. The van der Waals surface area contributed by atoms with E-state index in [1.165, 1.54) is 0 Å². The van der Waals surface area contributed by atoms with Crippen molar-refractivity contribution in [3.05, 3.63) is 34.6 Å². The van der Waals surface area contributed by atoms with Crippen LogP contribution in [-0.4, -0.2) is 12.6 Å². The van der Waals surface area contributed by atoms with Crippen molar-refractivity contribution in [2.75, 3.05) is 6.61 Å². The summed E-state index contributed by atoms with van der Waals surface area (Å²) >= 11 is 0. The summed E-state index contributed by atoms with van der Waals surface area (Å²) in [5.74, 6) is -0.400. The van der Waals surface area contributed by atoms with Crippen LogP contribution in [0.1, 0.15) is 42.9 Å². The molecule has 0 N–H and O–H groups in total. The molecule has 3 heteroatoms. The molecule has 0 aliphatic heterocycles. The molecule has 3 rings (SSSR count). The molecule has 0 heterocycles. The van der Waals surface area contributed by atoms with E-state index < -0.39 is 0 Å². The Morgan fingerprint density at radius 3 is 3.05 bits per heavy atom. The van der Waals surface area contributed by atoms with E-state index in [2.05, 4.69) is 0 Å². The van der Waals surface area contributed by atoms with Gasteiger partial charge in [-0.3, -0.25) is 4.79 Å². The Balaban J connectivity index is 2.01. The van der Waals surface area contributed by atoms with Crippen molar-refractivity contribution in [3.8, 4) is 0 Å². The van der Waals surface area contributed by atoms with Gasteiger partial charge in [0.05, 0.1) is 12.5 Å². The van der Waals surface area contributed by atoms with Crippen LogP contribution >= 0.6 is 0 Å². The number of fused-ring (bicyclic) bond motifs is 2. The second-order valence-electron chi connectivity index (χ2n) is 5.75. The van der Waals surface area contributed by atoms with Gasteiger partial charge in [0.25, 0.3) is 0 Å². The number of hydrogen-bond acceptors (Lipinski definition) is 2. The van der Waals surface area contributed by atoms with E-state index in [1.54, 1.807) is 6.92 Å². The molecule has 1 aromatic rings. The lowest BCUT2D eigenvalue weighted by molar-refractivity contribution is -0.145. The topological polar surface area (TPSA) is 26.3 Å². The molecule has 0 saturated heterocycles. The highest BCUT2D eigenvalue weighted by atomic mass is 19.1. The molecule has 0 aromatic heterocycles. The van der Waals surface area contributed by atoms with Crippen molar-refractivity contribution in [3.63, 3.8) is 0 Å². The molecular formula is C16H19FO2. The summed E-state index contributed by atoms with van der Waals surface area (Å²) in [5, 5.41) is 0. The normalized spacial score (nSPS) is 28.1. The molecule has 1 saturated carbocycles. The number of esters is 1. The molecule has 2 aliphatic carbocycles. The largest absolute Gasteiger partial charge is 0.466 e. The Morgan fingerprint density at radius 1 is 1.53 bits per heavy atom. The summed E-state index contributed by atoms with van der Waals surface area (Å²) in [4.78, 5) is 11.9. The lowest BCUT2D eigenvalue weighted by Crippen LogP contribution is -2.24.